The average molecular weight is 1140 g/mol. The minimum absolute atomic E-state index is 0.0481. The number of quaternary nitrogens is 1. The fourth-order valence-corrected chi connectivity index (χ4v) is 20.8. The van der Waals surface area contributed by atoms with Crippen LogP contribution < -0.4 is 32.7 Å². The molecule has 0 saturated heterocycles. The minimum Gasteiger partial charge on any atom is -0.446 e. The van der Waals surface area contributed by atoms with Crippen molar-refractivity contribution in [3.63, 3.8) is 0 Å². The zero-order valence-corrected chi connectivity index (χ0v) is 53.8. The summed E-state index contributed by atoms with van der Waals surface area (Å²) in [5.41, 5.74) is 15.9. The van der Waals surface area contributed by atoms with Crippen molar-refractivity contribution in [1.29, 1.82) is 10.8 Å². The van der Waals surface area contributed by atoms with Crippen molar-refractivity contribution in [2.75, 3.05) is 52.4 Å². The molecule has 0 aromatic heterocycles. The van der Waals surface area contributed by atoms with E-state index in [9.17, 15) is 9.59 Å². The Morgan fingerprint density at radius 1 is 0.524 bits per heavy atom. The molecular formula is C69H122N9O4+. The SMILES string of the molecule is CC(C)CCCC(C)C1CCC2C3CC=C4CC(OC(=O)NCCC[N+](CCCNC(=N)N)(CCCNC(=O)OC5CCC6(C)C(=CCC7C6CCC6(C)C(C(C)CCCC(C)C)CCC76)C5)CCNC(=N)N)CCC4(C)C3CCC12C. The molecule has 16 unspecified atom stereocenters. The number of hydrogen-bond acceptors (Lipinski definition) is 6. The smallest absolute Gasteiger partial charge is 0.407 e. The molecule has 82 heavy (non-hydrogen) atoms. The standard InChI is InChI=1S/C69H121N9O4/c1-46(2)16-11-18-48(5)56-24-26-58-54-22-20-50-44-52(28-32-66(50,7)60(54)30-34-68(56,58)9)81-64(79)76-37-14-41-78(43-39-75-63(72)73,40-13-36-74-62(70)71)42-15-38-77-65(80)82-53-29-33-67(8)51(45-53)21-23-55-59-27-25-57(49(6)19-12-17-47(3)4)69(59,10)35-31-61(55)67/h20-21,46-49,52-61H,11-19,22-45H2,1-10H3,(H9-,70,71,72,73,74,75,76,77,79,80)/p+1. The third-order valence-corrected chi connectivity index (χ3v) is 25.3. The van der Waals surface area contributed by atoms with Crippen LogP contribution in [0.15, 0.2) is 23.3 Å². The van der Waals surface area contributed by atoms with Crippen molar-refractivity contribution < 1.29 is 23.5 Å². The molecule has 6 fully saturated rings. The van der Waals surface area contributed by atoms with Gasteiger partial charge in [0, 0.05) is 51.7 Å². The van der Waals surface area contributed by atoms with Crippen molar-refractivity contribution in [3.8, 4) is 0 Å². The number of hydrogen-bond donors (Lipinski definition) is 8. The van der Waals surface area contributed by atoms with Gasteiger partial charge in [0.1, 0.15) is 12.2 Å². The summed E-state index contributed by atoms with van der Waals surface area (Å²) in [5.74, 6) is 9.52. The van der Waals surface area contributed by atoms with Crippen LogP contribution in [0.3, 0.4) is 0 Å². The Morgan fingerprint density at radius 3 is 1.33 bits per heavy atom. The maximum Gasteiger partial charge on any atom is 0.407 e. The molecule has 10 N–H and O–H groups in total. The van der Waals surface area contributed by atoms with E-state index in [0.29, 0.717) is 48.0 Å². The molecule has 0 aromatic rings. The van der Waals surface area contributed by atoms with Gasteiger partial charge < -0.3 is 46.7 Å². The Labute approximate surface area is 499 Å². The number of alkyl carbamates (subject to hydrolysis) is 2. The van der Waals surface area contributed by atoms with Crippen LogP contribution in [0, 0.1) is 103 Å². The number of rotatable bonds is 27. The molecule has 13 nitrogen and oxygen atoms in total. The second kappa shape index (κ2) is 27.9. The Bertz CT molecular complexity index is 2090. The van der Waals surface area contributed by atoms with E-state index in [2.05, 4.69) is 103 Å². The van der Waals surface area contributed by atoms with E-state index in [4.69, 9.17) is 31.8 Å². The summed E-state index contributed by atoms with van der Waals surface area (Å²) in [6, 6.07) is 0. The lowest BCUT2D eigenvalue weighted by Crippen LogP contribution is -2.55. The highest BCUT2D eigenvalue weighted by molar-refractivity contribution is 5.74. The van der Waals surface area contributed by atoms with Crippen LogP contribution in [0.1, 0.15) is 230 Å². The summed E-state index contributed by atoms with van der Waals surface area (Å²) in [6.45, 7) is 30.2. The number of nitrogens with one attached hydrogen (secondary N) is 6. The number of fused-ring (bicyclic) bond motifs is 10. The third-order valence-electron chi connectivity index (χ3n) is 25.3. The van der Waals surface area contributed by atoms with Crippen molar-refractivity contribution in [1.82, 2.24) is 21.3 Å². The lowest BCUT2D eigenvalue weighted by atomic mass is 9.47. The molecule has 16 atom stereocenters. The molecule has 8 rings (SSSR count). The summed E-state index contributed by atoms with van der Waals surface area (Å²) in [6.07, 6.45) is 33.9. The van der Waals surface area contributed by atoms with Gasteiger partial charge in [0.15, 0.2) is 11.9 Å². The molecule has 0 aliphatic heterocycles. The van der Waals surface area contributed by atoms with Crippen LogP contribution in [0.25, 0.3) is 0 Å². The van der Waals surface area contributed by atoms with Gasteiger partial charge in [-0.15, -0.1) is 0 Å². The summed E-state index contributed by atoms with van der Waals surface area (Å²) < 4.78 is 13.2. The lowest BCUT2D eigenvalue weighted by Gasteiger charge is -2.58. The molecule has 0 heterocycles. The van der Waals surface area contributed by atoms with Crippen LogP contribution in [0.5, 0.6) is 0 Å². The van der Waals surface area contributed by atoms with Gasteiger partial charge in [-0.05, 0) is 183 Å². The molecule has 2 amide bonds. The molecule has 8 aliphatic rings. The van der Waals surface area contributed by atoms with Crippen molar-refractivity contribution in [3.05, 3.63) is 23.3 Å². The third kappa shape index (κ3) is 14.8. The molecule has 0 aromatic carbocycles. The Hall–Kier alpha value is -3.48. The summed E-state index contributed by atoms with van der Waals surface area (Å²) in [4.78, 5) is 27.1. The maximum atomic E-state index is 13.5. The minimum atomic E-state index is -0.330. The van der Waals surface area contributed by atoms with Gasteiger partial charge in [-0.1, -0.05) is 131 Å². The monoisotopic (exact) mass is 1140 g/mol. The molecule has 8 aliphatic carbocycles. The number of nitrogens with two attached hydrogens (primary N) is 2. The molecule has 0 spiro atoms. The number of carbonyl (C=O) groups excluding carboxylic acids is 2. The van der Waals surface area contributed by atoms with Gasteiger partial charge in [-0.25, -0.2) is 9.59 Å². The average Bonchev–Trinajstić information content (AvgIpc) is 2.86. The summed E-state index contributed by atoms with van der Waals surface area (Å²) in [7, 11) is 0. The summed E-state index contributed by atoms with van der Waals surface area (Å²) in [5, 5.41) is 27.9. The summed E-state index contributed by atoms with van der Waals surface area (Å²) >= 11 is 0. The largest absolute Gasteiger partial charge is 0.446 e. The molecular weight excluding hydrogens is 1020 g/mol. The van der Waals surface area contributed by atoms with E-state index in [0.717, 1.165) is 148 Å². The fraction of sp³-hybridized carbons (Fsp3) is 0.884. The van der Waals surface area contributed by atoms with E-state index in [1.54, 1.807) is 11.1 Å². The normalized spacial score (nSPS) is 36.1. The number of allylic oxidation sites excluding steroid dienone is 2. The lowest BCUT2D eigenvalue weighted by molar-refractivity contribution is -0.927. The van der Waals surface area contributed by atoms with Crippen molar-refractivity contribution in [2.45, 2.75) is 242 Å². The molecule has 466 valence electrons. The Balaban J connectivity index is 0.797. The predicted octanol–water partition coefficient (Wildman–Crippen LogP) is 14.2. The van der Waals surface area contributed by atoms with Gasteiger partial charge in [0.25, 0.3) is 0 Å². The van der Waals surface area contributed by atoms with Gasteiger partial charge in [0.05, 0.1) is 32.7 Å². The highest BCUT2D eigenvalue weighted by atomic mass is 16.6. The van der Waals surface area contributed by atoms with Gasteiger partial charge in [-0.3, -0.25) is 10.8 Å². The second-order valence-electron chi connectivity index (χ2n) is 31.0. The Kier molecular flexibility index (Phi) is 22.0. The molecule has 13 heteroatoms. The van der Waals surface area contributed by atoms with E-state index >= 15 is 0 Å². The topological polar surface area (TPSA) is 200 Å². The first-order valence-corrected chi connectivity index (χ1v) is 34.3. The van der Waals surface area contributed by atoms with Crippen LogP contribution in [-0.2, 0) is 9.47 Å². The van der Waals surface area contributed by atoms with Crippen LogP contribution in [-0.4, -0.2) is 93.2 Å². The highest BCUT2D eigenvalue weighted by Crippen LogP contribution is 2.69. The van der Waals surface area contributed by atoms with E-state index in [-0.39, 0.29) is 47.1 Å². The second-order valence-corrected chi connectivity index (χ2v) is 31.0. The zero-order valence-electron chi connectivity index (χ0n) is 53.8. The van der Waals surface area contributed by atoms with Gasteiger partial charge in [0.2, 0.25) is 0 Å². The van der Waals surface area contributed by atoms with Crippen LogP contribution in [0.2, 0.25) is 0 Å². The first-order valence-electron chi connectivity index (χ1n) is 34.3. The number of amides is 2. The fourth-order valence-electron chi connectivity index (χ4n) is 20.8. The molecule has 0 bridgehead atoms. The van der Waals surface area contributed by atoms with Crippen molar-refractivity contribution in [2.24, 2.45) is 104 Å². The van der Waals surface area contributed by atoms with Gasteiger partial charge in [-0.2, -0.15) is 0 Å². The number of nitrogens with zero attached hydrogens (tertiary/aromatic N) is 1. The maximum absolute atomic E-state index is 13.5. The van der Waals surface area contributed by atoms with E-state index in [1.807, 2.05) is 0 Å². The number of guanidine groups is 2. The zero-order chi connectivity index (χ0) is 59.0. The molecule has 0 radical (unpaired) electrons. The quantitative estimate of drug-likeness (QED) is 0.0131. The number of carbonyl (C=O) groups is 2. The first-order chi connectivity index (χ1) is 39.0. The Morgan fingerprint density at radius 2 is 0.927 bits per heavy atom. The first kappa shape index (κ1) is 64.5. The van der Waals surface area contributed by atoms with Crippen LogP contribution >= 0.6 is 0 Å². The van der Waals surface area contributed by atoms with E-state index < -0.39 is 0 Å². The van der Waals surface area contributed by atoms with E-state index in [1.165, 1.54) is 103 Å². The highest BCUT2D eigenvalue weighted by Gasteiger charge is 2.61. The van der Waals surface area contributed by atoms with Crippen LogP contribution in [0.4, 0.5) is 9.59 Å². The van der Waals surface area contributed by atoms with Gasteiger partial charge >= 0.3 is 12.2 Å². The van der Waals surface area contributed by atoms with Crippen molar-refractivity contribution >= 4 is 24.1 Å². The predicted molar refractivity (Wildman–Crippen MR) is 336 cm³/mol. The number of ether oxygens (including phenoxy) is 2. The molecule has 6 saturated carbocycles.